The lowest BCUT2D eigenvalue weighted by Gasteiger charge is -2.15. The van der Waals surface area contributed by atoms with E-state index in [-0.39, 0.29) is 30.0 Å². The number of piperidine rings is 1. The van der Waals surface area contributed by atoms with Crippen molar-refractivity contribution in [3.8, 4) is 11.1 Å². The topological polar surface area (TPSA) is 41.1 Å². The monoisotopic (exact) mass is 366 g/mol. The third-order valence-corrected chi connectivity index (χ3v) is 4.94. The third-order valence-electron chi connectivity index (χ3n) is 4.61. The van der Waals surface area contributed by atoms with E-state index in [1.54, 1.807) is 42.5 Å². The second-order valence-electron chi connectivity index (χ2n) is 6.19. The molecule has 2 aromatic carbocycles. The molecule has 1 saturated carbocycles. The Bertz CT molecular complexity index is 773. The van der Waals surface area contributed by atoms with Gasteiger partial charge in [0.05, 0.1) is 11.7 Å². The molecule has 2 fully saturated rings. The molecule has 2 N–H and O–H groups in total. The summed E-state index contributed by atoms with van der Waals surface area (Å²) in [6, 6.07) is 12.3. The minimum Gasteiger partial charge on any atom is -0.322 e. The minimum absolute atomic E-state index is 0. The Kier molecular flexibility index (Phi) is 4.81. The summed E-state index contributed by atoms with van der Waals surface area (Å²) < 4.78 is 14.8. The summed E-state index contributed by atoms with van der Waals surface area (Å²) in [6.45, 7) is 0. The van der Waals surface area contributed by atoms with Gasteiger partial charge in [0.1, 0.15) is 0 Å². The second kappa shape index (κ2) is 6.71. The number of carbonyl (C=O) groups is 1. The number of rotatable bonds is 3. The van der Waals surface area contributed by atoms with Crippen molar-refractivity contribution < 1.29 is 9.18 Å². The summed E-state index contributed by atoms with van der Waals surface area (Å²) in [4.78, 5) is 12.3. The first-order valence-corrected chi connectivity index (χ1v) is 8.11. The van der Waals surface area contributed by atoms with Crippen molar-refractivity contribution in [2.75, 3.05) is 5.32 Å². The summed E-state index contributed by atoms with van der Waals surface area (Å²) >= 11 is 6.15. The van der Waals surface area contributed by atoms with Gasteiger partial charge in [-0.25, -0.2) is 4.39 Å². The average molecular weight is 367 g/mol. The van der Waals surface area contributed by atoms with Crippen LogP contribution in [0.1, 0.15) is 12.8 Å². The second-order valence-corrected chi connectivity index (χ2v) is 6.60. The molecule has 1 aliphatic heterocycles. The van der Waals surface area contributed by atoms with Gasteiger partial charge in [0.25, 0.3) is 0 Å². The number of halogens is 3. The Morgan fingerprint density at radius 1 is 1.12 bits per heavy atom. The molecule has 126 valence electrons. The first-order chi connectivity index (χ1) is 11.1. The van der Waals surface area contributed by atoms with Crippen LogP contribution in [0, 0.1) is 11.7 Å². The highest BCUT2D eigenvalue weighted by molar-refractivity contribution is 6.33. The molecule has 24 heavy (non-hydrogen) atoms. The van der Waals surface area contributed by atoms with Gasteiger partial charge in [0.15, 0.2) is 5.82 Å². The molecule has 0 spiro atoms. The van der Waals surface area contributed by atoms with Crippen molar-refractivity contribution in [3.05, 3.63) is 53.3 Å². The summed E-state index contributed by atoms with van der Waals surface area (Å²) in [5.41, 5.74) is 1.19. The van der Waals surface area contributed by atoms with E-state index >= 15 is 0 Å². The van der Waals surface area contributed by atoms with Gasteiger partial charge in [-0.1, -0.05) is 41.9 Å². The van der Waals surface area contributed by atoms with Crippen LogP contribution in [0.25, 0.3) is 11.1 Å². The Balaban J connectivity index is 0.00000169. The summed E-state index contributed by atoms with van der Waals surface area (Å²) in [5, 5.41) is 6.45. The molecule has 0 unspecified atom stereocenters. The molecule has 0 bridgehead atoms. The molecule has 0 aromatic heterocycles. The largest absolute Gasteiger partial charge is 0.322 e. The van der Waals surface area contributed by atoms with Crippen LogP contribution in [0.2, 0.25) is 5.02 Å². The number of nitrogens with one attached hydrogen (secondary N) is 2. The first-order valence-electron chi connectivity index (χ1n) is 7.74. The van der Waals surface area contributed by atoms with Gasteiger partial charge in [-0.15, -0.1) is 12.4 Å². The Hall–Kier alpha value is -1.62. The van der Waals surface area contributed by atoms with Crippen LogP contribution in [0.15, 0.2) is 42.5 Å². The number of anilines is 1. The number of hydrogen-bond donors (Lipinski definition) is 2. The van der Waals surface area contributed by atoms with E-state index < -0.39 is 5.82 Å². The molecule has 1 saturated heterocycles. The quantitative estimate of drug-likeness (QED) is 0.851. The zero-order valence-electron chi connectivity index (χ0n) is 12.8. The van der Waals surface area contributed by atoms with Gasteiger partial charge in [0.2, 0.25) is 5.91 Å². The van der Waals surface area contributed by atoms with Gasteiger partial charge >= 0.3 is 0 Å². The molecular weight excluding hydrogens is 350 g/mol. The van der Waals surface area contributed by atoms with E-state index in [2.05, 4.69) is 10.6 Å². The smallest absolute Gasteiger partial charge is 0.241 e. The van der Waals surface area contributed by atoms with Crippen molar-refractivity contribution in [1.29, 1.82) is 0 Å². The number of hydrogen-bond acceptors (Lipinski definition) is 2. The highest BCUT2D eigenvalue weighted by atomic mass is 35.5. The van der Waals surface area contributed by atoms with E-state index in [0.29, 0.717) is 28.1 Å². The fourth-order valence-corrected chi connectivity index (χ4v) is 3.50. The Morgan fingerprint density at radius 3 is 2.58 bits per heavy atom. The lowest BCUT2D eigenvalue weighted by molar-refractivity contribution is -0.118. The number of benzene rings is 2. The zero-order chi connectivity index (χ0) is 16.0. The van der Waals surface area contributed by atoms with E-state index in [0.717, 1.165) is 12.8 Å². The zero-order valence-corrected chi connectivity index (χ0v) is 14.3. The Morgan fingerprint density at radius 2 is 1.88 bits per heavy atom. The summed E-state index contributed by atoms with van der Waals surface area (Å²) in [7, 11) is 0. The number of fused-ring (bicyclic) bond motifs is 1. The van der Waals surface area contributed by atoms with Crippen LogP contribution in [0.4, 0.5) is 10.1 Å². The highest BCUT2D eigenvalue weighted by Gasteiger charge is 2.47. The maximum Gasteiger partial charge on any atom is 0.241 e. The molecule has 3 atom stereocenters. The normalized spacial score (nSPS) is 24.0. The molecule has 1 aliphatic carbocycles. The van der Waals surface area contributed by atoms with Crippen molar-refractivity contribution in [2.24, 2.45) is 5.92 Å². The standard InChI is InChI=1S/C18H16ClFN2O.ClH/c19-13-6-2-1-4-11(13)12-5-3-7-14(17(12)20)22-18(23)16-9-10-8-15(10)21-16;/h1-7,10,15-16,21H,8-9H2,(H,22,23);1H/t10-,15-,16+;/m1./s1. The maximum atomic E-state index is 14.8. The van der Waals surface area contributed by atoms with Gasteiger partial charge in [0, 0.05) is 22.2 Å². The molecule has 6 heteroatoms. The molecule has 2 aliphatic rings. The van der Waals surface area contributed by atoms with E-state index in [1.807, 2.05) is 0 Å². The van der Waals surface area contributed by atoms with Crippen molar-refractivity contribution in [2.45, 2.75) is 24.9 Å². The predicted molar refractivity (Wildman–Crippen MR) is 96.2 cm³/mol. The van der Waals surface area contributed by atoms with Gasteiger partial charge in [-0.2, -0.15) is 0 Å². The first kappa shape index (κ1) is 17.2. The van der Waals surface area contributed by atoms with Crippen LogP contribution in [0.3, 0.4) is 0 Å². The third kappa shape index (κ3) is 3.14. The van der Waals surface area contributed by atoms with Crippen molar-refractivity contribution in [3.63, 3.8) is 0 Å². The molecule has 0 radical (unpaired) electrons. The number of amides is 1. The number of carbonyl (C=O) groups excluding carboxylic acids is 1. The molecule has 2 aromatic rings. The van der Waals surface area contributed by atoms with E-state index in [1.165, 1.54) is 0 Å². The molecule has 1 heterocycles. The lowest BCUT2D eigenvalue weighted by atomic mass is 10.0. The van der Waals surface area contributed by atoms with Crippen LogP contribution in [0.5, 0.6) is 0 Å². The minimum atomic E-state index is -0.461. The molecule has 3 nitrogen and oxygen atoms in total. The fraction of sp³-hybridized carbons (Fsp3) is 0.278. The lowest BCUT2D eigenvalue weighted by Crippen LogP contribution is -2.38. The van der Waals surface area contributed by atoms with Gasteiger partial charge < -0.3 is 10.6 Å². The SMILES string of the molecule is Cl.O=C(Nc1cccc(-c2ccccc2Cl)c1F)[C@@H]1C[C@H]2C[C@H]2N1. The van der Waals surface area contributed by atoms with Gasteiger partial charge in [-0.3, -0.25) is 4.79 Å². The van der Waals surface area contributed by atoms with Crippen LogP contribution in [-0.2, 0) is 4.79 Å². The fourth-order valence-electron chi connectivity index (χ4n) is 3.26. The summed E-state index contributed by atoms with van der Waals surface area (Å²) in [5.74, 6) is -0.0189. The highest BCUT2D eigenvalue weighted by Crippen LogP contribution is 2.41. The van der Waals surface area contributed by atoms with E-state index in [9.17, 15) is 9.18 Å². The Labute approximate surface area is 151 Å². The average Bonchev–Trinajstić information content (AvgIpc) is 3.16. The van der Waals surface area contributed by atoms with Crippen LogP contribution < -0.4 is 10.6 Å². The molecular formula is C18H17Cl2FN2O. The summed E-state index contributed by atoms with van der Waals surface area (Å²) in [6.07, 6.45) is 1.99. The van der Waals surface area contributed by atoms with E-state index in [4.69, 9.17) is 11.6 Å². The van der Waals surface area contributed by atoms with Crippen molar-refractivity contribution in [1.82, 2.24) is 5.32 Å². The van der Waals surface area contributed by atoms with Crippen LogP contribution in [-0.4, -0.2) is 18.0 Å². The van der Waals surface area contributed by atoms with Crippen LogP contribution >= 0.6 is 24.0 Å². The van der Waals surface area contributed by atoms with Gasteiger partial charge in [-0.05, 0) is 30.9 Å². The maximum absolute atomic E-state index is 14.8. The predicted octanol–water partition coefficient (Wildman–Crippen LogP) is 4.26. The molecule has 1 amide bonds. The van der Waals surface area contributed by atoms with Crippen molar-refractivity contribution >= 4 is 35.6 Å². The molecule has 4 rings (SSSR count).